The first-order valence-corrected chi connectivity index (χ1v) is 8.23. The van der Waals surface area contributed by atoms with E-state index in [1.807, 2.05) is 0 Å². The van der Waals surface area contributed by atoms with Crippen molar-refractivity contribution >= 4 is 0 Å². The smallest absolute Gasteiger partial charge is 0.152 e. The van der Waals surface area contributed by atoms with Crippen LogP contribution in [0.1, 0.15) is 31.4 Å². The van der Waals surface area contributed by atoms with E-state index in [0.29, 0.717) is 5.92 Å². The lowest BCUT2D eigenvalue weighted by molar-refractivity contribution is 0.243. The van der Waals surface area contributed by atoms with Gasteiger partial charge in [-0.1, -0.05) is 80.9 Å². The quantitative estimate of drug-likeness (QED) is 0.616. The highest BCUT2D eigenvalue weighted by Crippen LogP contribution is 2.40. The third-order valence-corrected chi connectivity index (χ3v) is 4.64. The molecule has 1 atom stereocenters. The Bertz CT molecular complexity index is 546. The van der Waals surface area contributed by atoms with Crippen LogP contribution in [0.25, 0.3) is 0 Å². The molecule has 0 aromatic heterocycles. The second-order valence-corrected chi connectivity index (χ2v) is 6.38. The molecule has 0 saturated heterocycles. The maximum absolute atomic E-state index is 8.11. The minimum atomic E-state index is 0.0432. The molecule has 0 fully saturated rings. The van der Waals surface area contributed by atoms with Crippen molar-refractivity contribution in [2.75, 3.05) is 20.6 Å². The predicted molar refractivity (Wildman–Crippen MR) is 99.3 cm³/mol. The molecule has 130 valence electrons. The molecule has 2 aromatic rings. The SMILES string of the molecule is CCC(CN(C)C)C(C)(c1ccccc1)c1ccccc1.O=NO. The fourth-order valence-corrected chi connectivity index (χ4v) is 3.37. The highest BCUT2D eigenvalue weighted by Gasteiger charge is 2.36. The minimum absolute atomic E-state index is 0.0432. The molecule has 0 aliphatic heterocycles. The van der Waals surface area contributed by atoms with Crippen LogP contribution in [0.3, 0.4) is 0 Å². The van der Waals surface area contributed by atoms with E-state index in [1.54, 1.807) is 0 Å². The standard InChI is InChI=1S/C20H27N.HNO2/c1-5-17(16-21(3)4)20(2,18-12-8-6-9-13-18)19-14-10-7-11-15-19;2-1-3/h6-15,17H,5,16H2,1-4H3;(H,2,3). The highest BCUT2D eigenvalue weighted by molar-refractivity contribution is 5.39. The number of benzene rings is 2. The molecule has 24 heavy (non-hydrogen) atoms. The molecule has 1 unspecified atom stereocenters. The molecule has 4 heteroatoms. The van der Waals surface area contributed by atoms with Gasteiger partial charge in [0.15, 0.2) is 5.34 Å². The molecule has 0 aliphatic rings. The minimum Gasteiger partial charge on any atom is -0.379 e. The van der Waals surface area contributed by atoms with Crippen LogP contribution in [-0.2, 0) is 5.41 Å². The van der Waals surface area contributed by atoms with Crippen molar-refractivity contribution in [1.29, 1.82) is 0 Å². The van der Waals surface area contributed by atoms with Crippen LogP contribution < -0.4 is 0 Å². The van der Waals surface area contributed by atoms with E-state index in [1.165, 1.54) is 22.9 Å². The van der Waals surface area contributed by atoms with Gasteiger partial charge in [-0.3, -0.25) is 0 Å². The van der Waals surface area contributed by atoms with Gasteiger partial charge >= 0.3 is 0 Å². The van der Waals surface area contributed by atoms with E-state index in [4.69, 9.17) is 10.1 Å². The summed E-state index contributed by atoms with van der Waals surface area (Å²) >= 11 is 0. The summed E-state index contributed by atoms with van der Waals surface area (Å²) in [5.74, 6) is 0.581. The summed E-state index contributed by atoms with van der Waals surface area (Å²) in [7, 11) is 4.33. The zero-order valence-corrected chi connectivity index (χ0v) is 15.0. The lowest BCUT2D eigenvalue weighted by Gasteiger charge is -2.40. The van der Waals surface area contributed by atoms with Crippen molar-refractivity contribution in [3.05, 3.63) is 76.7 Å². The maximum atomic E-state index is 8.11. The van der Waals surface area contributed by atoms with Gasteiger partial charge in [0.05, 0.1) is 0 Å². The van der Waals surface area contributed by atoms with Gasteiger partial charge in [0.25, 0.3) is 0 Å². The molecule has 0 spiro atoms. The van der Waals surface area contributed by atoms with Gasteiger partial charge in [-0.15, -0.1) is 4.91 Å². The van der Waals surface area contributed by atoms with Crippen LogP contribution in [0.2, 0.25) is 0 Å². The van der Waals surface area contributed by atoms with E-state index in [-0.39, 0.29) is 5.41 Å². The summed E-state index contributed by atoms with van der Waals surface area (Å²) < 4.78 is 0. The van der Waals surface area contributed by atoms with E-state index in [2.05, 4.69) is 93.5 Å². The van der Waals surface area contributed by atoms with E-state index in [0.717, 1.165) is 6.54 Å². The molecular formula is C20H28N2O2. The molecule has 2 rings (SSSR count). The Morgan fingerprint density at radius 1 is 1.00 bits per heavy atom. The third kappa shape index (κ3) is 4.90. The van der Waals surface area contributed by atoms with Gasteiger partial charge in [0, 0.05) is 12.0 Å². The summed E-state index contributed by atoms with van der Waals surface area (Å²) in [5, 5.41) is 7.89. The number of rotatable bonds is 6. The Hall–Kier alpha value is -2.20. The van der Waals surface area contributed by atoms with Crippen molar-refractivity contribution in [2.45, 2.75) is 25.7 Å². The summed E-state index contributed by atoms with van der Waals surface area (Å²) in [5.41, 5.74) is 2.86. The predicted octanol–water partition coefficient (Wildman–Crippen LogP) is 4.72. The number of hydrogen-bond acceptors (Lipinski definition) is 3. The molecule has 2 aromatic carbocycles. The lowest BCUT2D eigenvalue weighted by Crippen LogP contribution is -2.39. The molecule has 0 aliphatic carbocycles. The van der Waals surface area contributed by atoms with Crippen LogP contribution in [0.15, 0.2) is 66.0 Å². The average Bonchev–Trinajstić information content (AvgIpc) is 2.61. The largest absolute Gasteiger partial charge is 0.379 e. The Morgan fingerprint density at radius 2 is 1.38 bits per heavy atom. The first-order valence-electron chi connectivity index (χ1n) is 8.23. The van der Waals surface area contributed by atoms with Crippen molar-refractivity contribution in [3.8, 4) is 0 Å². The molecule has 4 nitrogen and oxygen atoms in total. The second-order valence-electron chi connectivity index (χ2n) is 6.38. The topological polar surface area (TPSA) is 52.9 Å². The van der Waals surface area contributed by atoms with E-state index in [9.17, 15) is 0 Å². The van der Waals surface area contributed by atoms with Crippen LogP contribution in [0.4, 0.5) is 0 Å². The number of hydrogen-bond donors (Lipinski definition) is 1. The Labute approximate surface area is 145 Å². The Morgan fingerprint density at radius 3 is 1.67 bits per heavy atom. The van der Waals surface area contributed by atoms with Gasteiger partial charge in [0.2, 0.25) is 0 Å². The first kappa shape index (κ1) is 19.8. The van der Waals surface area contributed by atoms with Crippen molar-refractivity contribution in [3.63, 3.8) is 0 Å². The van der Waals surface area contributed by atoms with Gasteiger partial charge in [-0.2, -0.15) is 0 Å². The van der Waals surface area contributed by atoms with Gasteiger partial charge < -0.3 is 10.1 Å². The third-order valence-electron chi connectivity index (χ3n) is 4.64. The second kappa shape index (κ2) is 9.83. The highest BCUT2D eigenvalue weighted by atomic mass is 16.6. The average molecular weight is 328 g/mol. The summed E-state index contributed by atoms with van der Waals surface area (Å²) in [6, 6.07) is 21.9. The molecule has 0 radical (unpaired) electrons. The summed E-state index contributed by atoms with van der Waals surface area (Å²) in [4.78, 5) is 10.4. The maximum Gasteiger partial charge on any atom is 0.152 e. The van der Waals surface area contributed by atoms with Crippen LogP contribution >= 0.6 is 0 Å². The van der Waals surface area contributed by atoms with Crippen LogP contribution in [0, 0.1) is 10.8 Å². The zero-order valence-electron chi connectivity index (χ0n) is 15.0. The molecule has 1 N–H and O–H groups in total. The van der Waals surface area contributed by atoms with Gasteiger partial charge in [-0.05, 0) is 31.1 Å². The van der Waals surface area contributed by atoms with Gasteiger partial charge in [0.1, 0.15) is 0 Å². The molecule has 0 saturated carbocycles. The fourth-order valence-electron chi connectivity index (χ4n) is 3.37. The molecular weight excluding hydrogens is 300 g/mol. The lowest BCUT2D eigenvalue weighted by atomic mass is 9.66. The van der Waals surface area contributed by atoms with Crippen LogP contribution in [0.5, 0.6) is 0 Å². The van der Waals surface area contributed by atoms with E-state index >= 15 is 0 Å². The van der Waals surface area contributed by atoms with Gasteiger partial charge in [-0.25, -0.2) is 0 Å². The molecule has 0 heterocycles. The fraction of sp³-hybridized carbons (Fsp3) is 0.400. The van der Waals surface area contributed by atoms with Crippen molar-refractivity contribution in [2.24, 2.45) is 11.3 Å². The van der Waals surface area contributed by atoms with Crippen molar-refractivity contribution in [1.82, 2.24) is 4.90 Å². The Kier molecular flexibility index (Phi) is 8.13. The monoisotopic (exact) mass is 328 g/mol. The van der Waals surface area contributed by atoms with E-state index < -0.39 is 0 Å². The summed E-state index contributed by atoms with van der Waals surface area (Å²) in [6.07, 6.45) is 1.17. The Balaban J connectivity index is 0.000000891. The normalized spacial score (nSPS) is 12.2. The molecule has 0 bridgehead atoms. The van der Waals surface area contributed by atoms with Crippen molar-refractivity contribution < 1.29 is 5.21 Å². The number of nitrogens with zero attached hydrogens (tertiary/aromatic N) is 2. The zero-order chi connectivity index (χ0) is 18.0. The van der Waals surface area contributed by atoms with Crippen LogP contribution in [-0.4, -0.2) is 30.7 Å². The summed E-state index contributed by atoms with van der Waals surface area (Å²) in [6.45, 7) is 5.80. The first-order chi connectivity index (χ1) is 11.5. The molecule has 0 amide bonds.